The Morgan fingerprint density at radius 2 is 1.84 bits per heavy atom. The van der Waals surface area contributed by atoms with Crippen LogP contribution in [0.2, 0.25) is 0 Å². The lowest BCUT2D eigenvalue weighted by molar-refractivity contribution is 0.257. The van der Waals surface area contributed by atoms with E-state index in [4.69, 9.17) is 0 Å². The third-order valence-electron chi connectivity index (χ3n) is 4.00. The maximum atomic E-state index is 13.7. The zero-order valence-electron chi connectivity index (χ0n) is 11.3. The largest absolute Gasteiger partial charge is 0.367 e. The van der Waals surface area contributed by atoms with Gasteiger partial charge < -0.3 is 10.2 Å². The lowest BCUT2D eigenvalue weighted by Gasteiger charge is -2.36. The first-order chi connectivity index (χ1) is 9.33. The summed E-state index contributed by atoms with van der Waals surface area (Å²) in [5.74, 6) is -0.105. The second kappa shape index (κ2) is 5.88. The molecule has 3 rings (SSSR count). The maximum absolute atomic E-state index is 13.7. The molecule has 0 atom stereocenters. The number of hydrogen-bond acceptors (Lipinski definition) is 3. The van der Waals surface area contributed by atoms with Gasteiger partial charge in [0.1, 0.15) is 5.82 Å². The van der Waals surface area contributed by atoms with Crippen LogP contribution in [0.15, 0.2) is 24.3 Å². The molecule has 3 nitrogen and oxygen atoms in total. The summed E-state index contributed by atoms with van der Waals surface area (Å²) in [6, 6.07) is 7.86. The number of nitrogens with one attached hydrogen (secondary N) is 1. The smallest absolute Gasteiger partial charge is 0.146 e. The van der Waals surface area contributed by atoms with Crippen molar-refractivity contribution < 1.29 is 4.39 Å². The highest BCUT2D eigenvalue weighted by Gasteiger charge is 2.22. The summed E-state index contributed by atoms with van der Waals surface area (Å²) >= 11 is 0. The van der Waals surface area contributed by atoms with E-state index in [1.807, 2.05) is 12.1 Å². The number of halogens is 1. The van der Waals surface area contributed by atoms with Crippen LogP contribution in [0, 0.1) is 5.82 Å². The van der Waals surface area contributed by atoms with Crippen molar-refractivity contribution in [2.24, 2.45) is 0 Å². The quantitative estimate of drug-likeness (QED) is 0.872. The minimum absolute atomic E-state index is 0.105. The predicted molar refractivity (Wildman–Crippen MR) is 76.1 cm³/mol. The van der Waals surface area contributed by atoms with E-state index in [1.165, 1.54) is 12.8 Å². The fraction of sp³-hybridized carbons (Fsp3) is 0.600. The van der Waals surface area contributed by atoms with E-state index in [2.05, 4.69) is 15.1 Å². The van der Waals surface area contributed by atoms with Crippen LogP contribution in [0.3, 0.4) is 0 Å². The molecule has 1 aromatic carbocycles. The molecule has 2 fully saturated rings. The average Bonchev–Trinajstić information content (AvgIpc) is 3.25. The number of rotatable bonds is 5. The molecule has 1 heterocycles. The number of nitrogens with zero attached hydrogens (tertiary/aromatic N) is 2. The molecule has 1 aromatic rings. The highest BCUT2D eigenvalue weighted by molar-refractivity contribution is 5.47. The number of anilines is 1. The van der Waals surface area contributed by atoms with Gasteiger partial charge in [-0.3, -0.25) is 4.90 Å². The maximum Gasteiger partial charge on any atom is 0.146 e. The molecular formula is C15H22FN3. The van der Waals surface area contributed by atoms with Crippen LogP contribution < -0.4 is 10.2 Å². The van der Waals surface area contributed by atoms with Crippen molar-refractivity contribution in [2.45, 2.75) is 18.9 Å². The lowest BCUT2D eigenvalue weighted by atomic mass is 10.2. The summed E-state index contributed by atoms with van der Waals surface area (Å²) in [6.07, 6.45) is 2.70. The van der Waals surface area contributed by atoms with Gasteiger partial charge in [0.25, 0.3) is 0 Å². The number of piperazine rings is 1. The van der Waals surface area contributed by atoms with Gasteiger partial charge in [-0.25, -0.2) is 4.39 Å². The Kier molecular flexibility index (Phi) is 3.99. The second-order valence-electron chi connectivity index (χ2n) is 5.51. The molecule has 1 saturated heterocycles. The van der Waals surface area contributed by atoms with E-state index in [-0.39, 0.29) is 5.82 Å². The molecular weight excluding hydrogens is 241 g/mol. The summed E-state index contributed by atoms with van der Waals surface area (Å²) in [5, 5.41) is 3.54. The van der Waals surface area contributed by atoms with Crippen LogP contribution in [0.25, 0.3) is 0 Å². The summed E-state index contributed by atoms with van der Waals surface area (Å²) in [6.45, 7) is 6.10. The topological polar surface area (TPSA) is 18.5 Å². The van der Waals surface area contributed by atoms with Gasteiger partial charge >= 0.3 is 0 Å². The average molecular weight is 263 g/mol. The van der Waals surface area contributed by atoms with Gasteiger partial charge in [0, 0.05) is 45.3 Å². The monoisotopic (exact) mass is 263 g/mol. The van der Waals surface area contributed by atoms with Gasteiger partial charge in [-0.1, -0.05) is 12.1 Å². The van der Waals surface area contributed by atoms with E-state index in [9.17, 15) is 4.39 Å². The molecule has 0 aromatic heterocycles. The lowest BCUT2D eigenvalue weighted by Crippen LogP contribution is -2.48. The van der Waals surface area contributed by atoms with Gasteiger partial charge in [-0.05, 0) is 25.0 Å². The number of benzene rings is 1. The van der Waals surface area contributed by atoms with E-state index < -0.39 is 0 Å². The van der Waals surface area contributed by atoms with Crippen molar-refractivity contribution in [3.63, 3.8) is 0 Å². The Morgan fingerprint density at radius 1 is 1.11 bits per heavy atom. The SMILES string of the molecule is Fc1ccccc1N1CCN(CCNC2CC2)CC1. The van der Waals surface area contributed by atoms with Crippen molar-refractivity contribution in [1.29, 1.82) is 0 Å². The van der Waals surface area contributed by atoms with Crippen LogP contribution in [0.5, 0.6) is 0 Å². The van der Waals surface area contributed by atoms with Crippen LogP contribution in [-0.2, 0) is 0 Å². The van der Waals surface area contributed by atoms with Gasteiger partial charge in [-0.15, -0.1) is 0 Å². The first-order valence-electron chi connectivity index (χ1n) is 7.28. The highest BCUT2D eigenvalue weighted by atomic mass is 19.1. The molecule has 1 aliphatic heterocycles. The third-order valence-corrected chi connectivity index (χ3v) is 4.00. The molecule has 0 bridgehead atoms. The molecule has 1 saturated carbocycles. The molecule has 1 aliphatic carbocycles. The predicted octanol–water partition coefficient (Wildman–Crippen LogP) is 1.70. The standard InChI is InChI=1S/C15H22FN3/c16-14-3-1-2-4-15(14)19-11-9-18(10-12-19)8-7-17-13-5-6-13/h1-4,13,17H,5-12H2. The van der Waals surface area contributed by atoms with Gasteiger partial charge in [0.15, 0.2) is 0 Å². The molecule has 0 unspecified atom stereocenters. The number of para-hydroxylation sites is 1. The molecule has 0 radical (unpaired) electrons. The Morgan fingerprint density at radius 3 is 2.53 bits per heavy atom. The third kappa shape index (κ3) is 3.45. The molecule has 104 valence electrons. The first kappa shape index (κ1) is 12.9. The fourth-order valence-corrected chi connectivity index (χ4v) is 2.63. The van der Waals surface area contributed by atoms with E-state index in [1.54, 1.807) is 12.1 Å². The molecule has 2 aliphatic rings. The summed E-state index contributed by atoms with van der Waals surface area (Å²) in [7, 11) is 0. The van der Waals surface area contributed by atoms with Gasteiger partial charge in [0.2, 0.25) is 0 Å². The first-order valence-corrected chi connectivity index (χ1v) is 7.28. The Labute approximate surface area is 114 Å². The van der Waals surface area contributed by atoms with Crippen LogP contribution >= 0.6 is 0 Å². The van der Waals surface area contributed by atoms with Gasteiger partial charge in [-0.2, -0.15) is 0 Å². The van der Waals surface area contributed by atoms with Crippen LogP contribution in [0.4, 0.5) is 10.1 Å². The van der Waals surface area contributed by atoms with Crippen molar-refractivity contribution in [2.75, 3.05) is 44.2 Å². The molecule has 0 spiro atoms. The van der Waals surface area contributed by atoms with Crippen LogP contribution in [0.1, 0.15) is 12.8 Å². The number of hydrogen-bond donors (Lipinski definition) is 1. The van der Waals surface area contributed by atoms with Crippen molar-refractivity contribution in [1.82, 2.24) is 10.2 Å². The molecule has 4 heteroatoms. The molecule has 0 amide bonds. The summed E-state index contributed by atoms with van der Waals surface area (Å²) in [5.41, 5.74) is 0.748. The Hall–Kier alpha value is -1.13. The normalized spacial score (nSPS) is 20.8. The zero-order chi connectivity index (χ0) is 13.1. The minimum atomic E-state index is -0.105. The second-order valence-corrected chi connectivity index (χ2v) is 5.51. The van der Waals surface area contributed by atoms with E-state index in [0.717, 1.165) is 51.0 Å². The summed E-state index contributed by atoms with van der Waals surface area (Å²) in [4.78, 5) is 4.62. The molecule has 1 N–H and O–H groups in total. The van der Waals surface area contributed by atoms with Crippen molar-refractivity contribution in [3.05, 3.63) is 30.1 Å². The van der Waals surface area contributed by atoms with Gasteiger partial charge in [0.05, 0.1) is 5.69 Å². The summed E-state index contributed by atoms with van der Waals surface area (Å²) < 4.78 is 13.7. The highest BCUT2D eigenvalue weighted by Crippen LogP contribution is 2.20. The minimum Gasteiger partial charge on any atom is -0.367 e. The van der Waals surface area contributed by atoms with Crippen molar-refractivity contribution >= 4 is 5.69 Å². The van der Waals surface area contributed by atoms with Crippen LogP contribution in [-0.4, -0.2) is 50.2 Å². The fourth-order valence-electron chi connectivity index (χ4n) is 2.63. The van der Waals surface area contributed by atoms with Crippen molar-refractivity contribution in [3.8, 4) is 0 Å². The van der Waals surface area contributed by atoms with E-state index in [0.29, 0.717) is 0 Å². The molecule has 19 heavy (non-hydrogen) atoms. The van der Waals surface area contributed by atoms with E-state index >= 15 is 0 Å². The zero-order valence-corrected chi connectivity index (χ0v) is 11.3. The Balaban J connectivity index is 1.44. The Bertz CT molecular complexity index is 412.